The van der Waals surface area contributed by atoms with Crippen LogP contribution in [0, 0.1) is 0 Å². The van der Waals surface area contributed by atoms with Gasteiger partial charge in [-0.3, -0.25) is 0 Å². The van der Waals surface area contributed by atoms with Crippen molar-refractivity contribution in [3.05, 3.63) is 29.8 Å². The molecule has 15 heavy (non-hydrogen) atoms. The van der Waals surface area contributed by atoms with Gasteiger partial charge in [0.15, 0.2) is 0 Å². The maximum Gasteiger partial charge on any atom is 0.120 e. The summed E-state index contributed by atoms with van der Waals surface area (Å²) in [5.41, 5.74) is 6.44. The molecule has 1 aromatic rings. The molecular formula is C12H15NOS. The van der Waals surface area contributed by atoms with Crippen LogP contribution in [0.3, 0.4) is 0 Å². The van der Waals surface area contributed by atoms with Crippen molar-refractivity contribution in [2.45, 2.75) is 31.8 Å². The summed E-state index contributed by atoms with van der Waals surface area (Å²) >= 11 is 4.93. The van der Waals surface area contributed by atoms with E-state index < -0.39 is 0 Å². The molecule has 0 aliphatic heterocycles. The van der Waals surface area contributed by atoms with E-state index in [1.165, 1.54) is 12.8 Å². The quantitative estimate of drug-likeness (QED) is 0.797. The third kappa shape index (κ3) is 2.69. The lowest BCUT2D eigenvalue weighted by molar-refractivity contribution is 0.210. The van der Waals surface area contributed by atoms with E-state index in [-0.39, 0.29) is 0 Å². The van der Waals surface area contributed by atoms with Gasteiger partial charge in [-0.2, -0.15) is 0 Å². The van der Waals surface area contributed by atoms with E-state index in [0.717, 1.165) is 24.2 Å². The number of thiocarbonyl (C=S) groups is 1. The van der Waals surface area contributed by atoms with Crippen molar-refractivity contribution in [1.82, 2.24) is 0 Å². The Morgan fingerprint density at radius 2 is 2.07 bits per heavy atom. The van der Waals surface area contributed by atoms with Gasteiger partial charge in [0, 0.05) is 5.56 Å². The van der Waals surface area contributed by atoms with Gasteiger partial charge in [-0.15, -0.1) is 0 Å². The Morgan fingerprint density at radius 3 is 2.73 bits per heavy atom. The molecule has 1 aliphatic rings. The number of benzene rings is 1. The first kappa shape index (κ1) is 10.4. The standard InChI is InChI=1S/C12H15NOS/c13-12(15)9-4-3-7-11(8-9)14-10-5-1-2-6-10/h3-4,7-8,10H,1-2,5-6H2,(H2,13,15). The number of hydrogen-bond donors (Lipinski definition) is 1. The summed E-state index contributed by atoms with van der Waals surface area (Å²) in [6, 6.07) is 7.71. The summed E-state index contributed by atoms with van der Waals surface area (Å²) in [6.07, 6.45) is 5.26. The van der Waals surface area contributed by atoms with Crippen molar-refractivity contribution in [2.75, 3.05) is 0 Å². The molecule has 0 bridgehead atoms. The fourth-order valence-corrected chi connectivity index (χ4v) is 2.05. The Kier molecular flexibility index (Phi) is 3.21. The molecule has 0 spiro atoms. The van der Waals surface area contributed by atoms with Crippen LogP contribution in [0.5, 0.6) is 5.75 Å². The zero-order valence-corrected chi connectivity index (χ0v) is 9.43. The average Bonchev–Trinajstić information content (AvgIpc) is 2.71. The first-order valence-corrected chi connectivity index (χ1v) is 5.73. The third-order valence-electron chi connectivity index (χ3n) is 2.72. The topological polar surface area (TPSA) is 35.2 Å². The lowest BCUT2D eigenvalue weighted by Crippen LogP contribution is -2.12. The van der Waals surface area contributed by atoms with Crippen LogP contribution in [0.1, 0.15) is 31.2 Å². The van der Waals surface area contributed by atoms with E-state index in [2.05, 4.69) is 0 Å². The lowest BCUT2D eigenvalue weighted by Gasteiger charge is -2.13. The van der Waals surface area contributed by atoms with Gasteiger partial charge in [-0.1, -0.05) is 24.4 Å². The van der Waals surface area contributed by atoms with Crippen molar-refractivity contribution in [2.24, 2.45) is 5.73 Å². The average molecular weight is 221 g/mol. The zero-order chi connectivity index (χ0) is 10.7. The zero-order valence-electron chi connectivity index (χ0n) is 8.61. The number of hydrogen-bond acceptors (Lipinski definition) is 2. The molecule has 2 nitrogen and oxygen atoms in total. The van der Waals surface area contributed by atoms with Gasteiger partial charge in [0.2, 0.25) is 0 Å². The summed E-state index contributed by atoms with van der Waals surface area (Å²) in [6.45, 7) is 0. The molecule has 1 aromatic carbocycles. The molecule has 0 radical (unpaired) electrons. The molecule has 2 rings (SSSR count). The van der Waals surface area contributed by atoms with Crippen LogP contribution in [-0.2, 0) is 0 Å². The minimum absolute atomic E-state index is 0.381. The van der Waals surface area contributed by atoms with E-state index in [9.17, 15) is 0 Å². The first-order valence-electron chi connectivity index (χ1n) is 5.32. The highest BCUT2D eigenvalue weighted by molar-refractivity contribution is 7.80. The van der Waals surface area contributed by atoms with Crippen LogP contribution in [0.15, 0.2) is 24.3 Å². The lowest BCUT2D eigenvalue weighted by atomic mass is 10.2. The third-order valence-corrected chi connectivity index (χ3v) is 2.96. The maximum absolute atomic E-state index is 5.85. The van der Waals surface area contributed by atoms with Gasteiger partial charge >= 0.3 is 0 Å². The number of nitrogens with two attached hydrogens (primary N) is 1. The van der Waals surface area contributed by atoms with Crippen molar-refractivity contribution in [3.8, 4) is 5.75 Å². The van der Waals surface area contributed by atoms with Crippen molar-refractivity contribution >= 4 is 17.2 Å². The normalized spacial score (nSPS) is 16.5. The Hall–Kier alpha value is -1.09. The molecule has 3 heteroatoms. The highest BCUT2D eigenvalue weighted by Crippen LogP contribution is 2.24. The van der Waals surface area contributed by atoms with E-state index in [0.29, 0.717) is 11.1 Å². The van der Waals surface area contributed by atoms with Crippen LogP contribution < -0.4 is 10.5 Å². The van der Waals surface area contributed by atoms with Gasteiger partial charge in [-0.05, 0) is 37.8 Å². The van der Waals surface area contributed by atoms with Crippen LogP contribution in [0.25, 0.3) is 0 Å². The Balaban J connectivity index is 2.07. The van der Waals surface area contributed by atoms with Crippen LogP contribution >= 0.6 is 12.2 Å². The smallest absolute Gasteiger partial charge is 0.120 e. The summed E-state index contributed by atoms with van der Waals surface area (Å²) in [4.78, 5) is 0.423. The predicted molar refractivity (Wildman–Crippen MR) is 65.2 cm³/mol. The van der Waals surface area contributed by atoms with Crippen molar-refractivity contribution < 1.29 is 4.74 Å². The minimum atomic E-state index is 0.381. The summed E-state index contributed by atoms with van der Waals surface area (Å²) in [5.74, 6) is 0.882. The molecule has 0 saturated heterocycles. The molecule has 0 amide bonds. The van der Waals surface area contributed by atoms with Gasteiger partial charge in [0.05, 0.1) is 6.10 Å². The number of ether oxygens (including phenoxy) is 1. The highest BCUT2D eigenvalue weighted by Gasteiger charge is 2.16. The second-order valence-corrected chi connectivity index (χ2v) is 4.36. The number of rotatable bonds is 3. The molecule has 2 N–H and O–H groups in total. The highest BCUT2D eigenvalue weighted by atomic mass is 32.1. The van der Waals surface area contributed by atoms with Gasteiger partial charge in [-0.25, -0.2) is 0 Å². The Morgan fingerprint density at radius 1 is 1.33 bits per heavy atom. The fraction of sp³-hybridized carbons (Fsp3) is 0.417. The van der Waals surface area contributed by atoms with Gasteiger partial charge < -0.3 is 10.5 Å². The van der Waals surface area contributed by atoms with Crippen molar-refractivity contribution in [1.29, 1.82) is 0 Å². The van der Waals surface area contributed by atoms with Gasteiger partial charge in [0.25, 0.3) is 0 Å². The van der Waals surface area contributed by atoms with E-state index in [4.69, 9.17) is 22.7 Å². The van der Waals surface area contributed by atoms with Crippen molar-refractivity contribution in [3.63, 3.8) is 0 Å². The van der Waals surface area contributed by atoms with Crippen LogP contribution in [0.2, 0.25) is 0 Å². The summed E-state index contributed by atoms with van der Waals surface area (Å²) in [7, 11) is 0. The van der Waals surface area contributed by atoms with E-state index in [1.807, 2.05) is 24.3 Å². The molecule has 1 fully saturated rings. The Bertz CT molecular complexity index is 358. The van der Waals surface area contributed by atoms with Crippen LogP contribution in [0.4, 0.5) is 0 Å². The SMILES string of the molecule is NC(=S)c1cccc(OC2CCCC2)c1. The molecular weight excluding hydrogens is 206 g/mol. The molecule has 1 aliphatic carbocycles. The fourth-order valence-electron chi connectivity index (χ4n) is 1.92. The van der Waals surface area contributed by atoms with E-state index >= 15 is 0 Å². The first-order chi connectivity index (χ1) is 7.25. The molecule has 0 unspecified atom stereocenters. The Labute approximate surface area is 95.4 Å². The molecule has 0 heterocycles. The van der Waals surface area contributed by atoms with Crippen LogP contribution in [-0.4, -0.2) is 11.1 Å². The minimum Gasteiger partial charge on any atom is -0.490 e. The predicted octanol–water partition coefficient (Wildman–Crippen LogP) is 2.64. The maximum atomic E-state index is 5.85. The molecule has 0 atom stereocenters. The second-order valence-electron chi connectivity index (χ2n) is 3.92. The summed E-state index contributed by atoms with van der Waals surface area (Å²) in [5, 5.41) is 0. The van der Waals surface area contributed by atoms with E-state index in [1.54, 1.807) is 0 Å². The van der Waals surface area contributed by atoms with Gasteiger partial charge in [0.1, 0.15) is 10.7 Å². The largest absolute Gasteiger partial charge is 0.490 e. The monoisotopic (exact) mass is 221 g/mol. The molecule has 1 saturated carbocycles. The summed E-state index contributed by atoms with van der Waals surface area (Å²) < 4.78 is 5.85. The molecule has 80 valence electrons. The molecule has 0 aromatic heterocycles. The second kappa shape index (κ2) is 4.62.